The lowest BCUT2D eigenvalue weighted by Gasteiger charge is -2.12. The van der Waals surface area contributed by atoms with Crippen LogP contribution in [0.3, 0.4) is 0 Å². The highest BCUT2D eigenvalue weighted by atomic mass is 35.5. The second-order valence-corrected chi connectivity index (χ2v) is 10.5. The number of thiazole rings is 1. The van der Waals surface area contributed by atoms with Gasteiger partial charge < -0.3 is 0 Å². The molecule has 0 aliphatic rings. The van der Waals surface area contributed by atoms with Gasteiger partial charge in [0, 0.05) is 28.8 Å². The van der Waals surface area contributed by atoms with Gasteiger partial charge in [0.25, 0.3) is 5.56 Å². The van der Waals surface area contributed by atoms with Crippen molar-refractivity contribution in [2.24, 2.45) is 0 Å². The molecule has 0 aliphatic carbocycles. The van der Waals surface area contributed by atoms with E-state index < -0.39 is 9.84 Å². The number of fused-ring (bicyclic) bond motifs is 1. The van der Waals surface area contributed by atoms with E-state index in [-0.39, 0.29) is 16.4 Å². The van der Waals surface area contributed by atoms with Crippen molar-refractivity contribution < 1.29 is 8.42 Å². The van der Waals surface area contributed by atoms with Gasteiger partial charge in [0.2, 0.25) is 0 Å². The molecule has 0 radical (unpaired) electrons. The largest absolute Gasteiger partial charge is 0.273 e. The summed E-state index contributed by atoms with van der Waals surface area (Å²) in [6.07, 6.45) is 3.48. The highest BCUT2D eigenvalue weighted by molar-refractivity contribution is 7.90. The molecular weight excluding hydrogens is 450 g/mol. The smallest absolute Gasteiger partial charge is 0.271 e. The van der Waals surface area contributed by atoms with Gasteiger partial charge in [-0.1, -0.05) is 47.7 Å². The third-order valence-corrected chi connectivity index (χ3v) is 7.10. The van der Waals surface area contributed by atoms with Crippen molar-refractivity contribution >= 4 is 37.6 Å². The summed E-state index contributed by atoms with van der Waals surface area (Å²) in [5.41, 5.74) is 2.16. The molecule has 4 nitrogen and oxygen atoms in total. The van der Waals surface area contributed by atoms with Crippen molar-refractivity contribution in [1.82, 2.24) is 4.40 Å². The van der Waals surface area contributed by atoms with Crippen molar-refractivity contribution in [2.75, 3.05) is 6.26 Å². The van der Waals surface area contributed by atoms with E-state index in [2.05, 4.69) is 11.8 Å². The molecule has 4 aromatic rings. The highest BCUT2D eigenvalue weighted by Crippen LogP contribution is 2.24. The molecule has 7 heteroatoms. The first-order valence-corrected chi connectivity index (χ1v) is 12.6. The number of aromatic nitrogens is 1. The molecule has 0 saturated carbocycles. The van der Waals surface area contributed by atoms with Crippen LogP contribution in [0.25, 0.3) is 4.83 Å². The predicted molar refractivity (Wildman–Crippen MR) is 126 cm³/mol. The standard InChI is InChI=1S/C24H18ClNO3S2/c1-31(28,29)22-10-5-17(6-11-22)15-20(19-3-2-4-21(25)16-19)8-7-18-9-12-23-26(24(18)27)13-14-30-23/h2-6,9-14,16,20H,15H2,1H3. The molecule has 0 fully saturated rings. The van der Waals surface area contributed by atoms with Gasteiger partial charge in [-0.2, -0.15) is 0 Å². The molecule has 2 aromatic carbocycles. The van der Waals surface area contributed by atoms with E-state index in [9.17, 15) is 13.2 Å². The van der Waals surface area contributed by atoms with E-state index in [0.717, 1.165) is 16.0 Å². The molecule has 1 unspecified atom stereocenters. The molecule has 2 heterocycles. The molecule has 0 spiro atoms. The first-order chi connectivity index (χ1) is 14.8. The van der Waals surface area contributed by atoms with Crippen LogP contribution in [0.2, 0.25) is 5.02 Å². The van der Waals surface area contributed by atoms with Crippen LogP contribution >= 0.6 is 22.9 Å². The SMILES string of the molecule is CS(=O)(=O)c1ccc(CC(C#Cc2ccc3sccn3c2=O)c2cccc(Cl)c2)cc1. The van der Waals surface area contributed by atoms with E-state index >= 15 is 0 Å². The number of halogens is 1. The Bertz CT molecular complexity index is 1470. The summed E-state index contributed by atoms with van der Waals surface area (Å²) in [5, 5.41) is 2.47. The first-order valence-electron chi connectivity index (χ1n) is 9.46. The van der Waals surface area contributed by atoms with E-state index in [1.165, 1.54) is 17.6 Å². The van der Waals surface area contributed by atoms with E-state index in [1.807, 2.05) is 29.6 Å². The van der Waals surface area contributed by atoms with Crippen LogP contribution in [-0.4, -0.2) is 19.1 Å². The minimum Gasteiger partial charge on any atom is -0.273 e. The Balaban J connectivity index is 1.71. The summed E-state index contributed by atoms with van der Waals surface area (Å²) in [7, 11) is -3.25. The summed E-state index contributed by atoms with van der Waals surface area (Å²) in [6.45, 7) is 0. The Labute approximate surface area is 189 Å². The van der Waals surface area contributed by atoms with Crippen LogP contribution in [0, 0.1) is 11.8 Å². The Morgan fingerprint density at radius 1 is 1.10 bits per heavy atom. The normalized spacial score (nSPS) is 12.3. The molecule has 0 amide bonds. The Morgan fingerprint density at radius 2 is 1.87 bits per heavy atom. The zero-order chi connectivity index (χ0) is 22.0. The van der Waals surface area contributed by atoms with Crippen LogP contribution < -0.4 is 5.56 Å². The number of sulfone groups is 1. The van der Waals surface area contributed by atoms with Crippen LogP contribution in [-0.2, 0) is 16.3 Å². The second kappa shape index (κ2) is 8.72. The fourth-order valence-corrected chi connectivity index (χ4v) is 4.83. The fraction of sp³-hybridized carbons (Fsp3) is 0.125. The number of benzene rings is 2. The maximum absolute atomic E-state index is 12.7. The number of nitrogens with zero attached hydrogens (tertiary/aromatic N) is 1. The minimum absolute atomic E-state index is 0.145. The number of rotatable bonds is 4. The van der Waals surface area contributed by atoms with Gasteiger partial charge in [-0.15, -0.1) is 11.3 Å². The van der Waals surface area contributed by atoms with Crippen LogP contribution in [0.1, 0.15) is 22.6 Å². The highest BCUT2D eigenvalue weighted by Gasteiger charge is 2.13. The van der Waals surface area contributed by atoms with E-state index in [4.69, 9.17) is 11.6 Å². The van der Waals surface area contributed by atoms with Crippen molar-refractivity contribution in [3.63, 3.8) is 0 Å². The quantitative estimate of drug-likeness (QED) is 0.405. The van der Waals surface area contributed by atoms with Gasteiger partial charge in [0.15, 0.2) is 9.84 Å². The monoisotopic (exact) mass is 467 g/mol. The molecule has 0 N–H and O–H groups in total. The van der Waals surface area contributed by atoms with Gasteiger partial charge in [0.05, 0.1) is 10.5 Å². The average molecular weight is 468 g/mol. The molecule has 0 aliphatic heterocycles. The zero-order valence-electron chi connectivity index (χ0n) is 16.6. The third kappa shape index (κ3) is 4.91. The van der Waals surface area contributed by atoms with Crippen molar-refractivity contribution in [3.05, 3.63) is 104 Å². The molecule has 156 valence electrons. The lowest BCUT2D eigenvalue weighted by atomic mass is 9.92. The summed E-state index contributed by atoms with van der Waals surface area (Å²) in [5.74, 6) is 6.07. The predicted octanol–water partition coefficient (Wildman–Crippen LogP) is 4.80. The zero-order valence-corrected chi connectivity index (χ0v) is 19.0. The van der Waals surface area contributed by atoms with Gasteiger partial charge in [0.1, 0.15) is 4.83 Å². The molecule has 0 bridgehead atoms. The molecule has 2 aromatic heterocycles. The maximum Gasteiger partial charge on any atom is 0.271 e. The molecule has 1 atom stereocenters. The topological polar surface area (TPSA) is 55.6 Å². The van der Waals surface area contributed by atoms with Gasteiger partial charge in [-0.3, -0.25) is 9.20 Å². The van der Waals surface area contributed by atoms with Gasteiger partial charge in [-0.05, 0) is 53.9 Å². The summed E-state index contributed by atoms with van der Waals surface area (Å²) in [4.78, 5) is 13.8. The lowest BCUT2D eigenvalue weighted by molar-refractivity contribution is 0.602. The van der Waals surface area contributed by atoms with Crippen molar-refractivity contribution in [2.45, 2.75) is 17.2 Å². The van der Waals surface area contributed by atoms with E-state index in [0.29, 0.717) is 17.0 Å². The van der Waals surface area contributed by atoms with Gasteiger partial charge >= 0.3 is 0 Å². The summed E-state index contributed by atoms with van der Waals surface area (Å²) >= 11 is 7.69. The Kier molecular flexibility index (Phi) is 6.01. The van der Waals surface area contributed by atoms with Crippen molar-refractivity contribution in [3.8, 4) is 11.8 Å². The fourth-order valence-electron chi connectivity index (χ4n) is 3.28. The Morgan fingerprint density at radius 3 is 2.58 bits per heavy atom. The maximum atomic E-state index is 12.7. The molecule has 4 rings (SSSR count). The van der Waals surface area contributed by atoms with Crippen LogP contribution in [0.5, 0.6) is 0 Å². The molecule has 31 heavy (non-hydrogen) atoms. The number of hydrogen-bond acceptors (Lipinski definition) is 4. The first kappa shape index (κ1) is 21.4. The minimum atomic E-state index is -3.25. The second-order valence-electron chi connectivity index (χ2n) is 7.16. The van der Waals surface area contributed by atoms with E-state index in [1.54, 1.807) is 47.0 Å². The number of pyridine rings is 1. The van der Waals surface area contributed by atoms with Gasteiger partial charge in [-0.25, -0.2) is 8.42 Å². The average Bonchev–Trinajstić information content (AvgIpc) is 3.22. The summed E-state index contributed by atoms with van der Waals surface area (Å²) < 4.78 is 25.0. The van der Waals surface area contributed by atoms with Crippen LogP contribution in [0.4, 0.5) is 0 Å². The number of hydrogen-bond donors (Lipinski definition) is 0. The summed E-state index contributed by atoms with van der Waals surface area (Å²) in [6, 6.07) is 17.9. The van der Waals surface area contributed by atoms with Crippen molar-refractivity contribution in [1.29, 1.82) is 0 Å². The lowest BCUT2D eigenvalue weighted by Crippen LogP contribution is -2.14. The molecular formula is C24H18ClNO3S2. The van der Waals surface area contributed by atoms with Crippen LogP contribution in [0.15, 0.2) is 81.9 Å². The Hall–Kier alpha value is -2.85. The molecule has 0 saturated heterocycles. The third-order valence-electron chi connectivity index (χ3n) is 4.90.